The molecular formula is C37H48FN7O5S2. The number of hydrogen-bond donors (Lipinski definition) is 0. The minimum absolute atomic E-state index is 0.173. The largest absolute Gasteiger partial charge is 0.490 e. The van der Waals surface area contributed by atoms with Crippen molar-refractivity contribution in [2.24, 2.45) is 7.05 Å². The van der Waals surface area contributed by atoms with Gasteiger partial charge >= 0.3 is 0 Å². The summed E-state index contributed by atoms with van der Waals surface area (Å²) in [4.78, 5) is 25.4. The number of carbonyl (C=O) groups excluding carboxylic acids is 1. The molecule has 2 fully saturated rings. The number of anilines is 1. The number of nitrogens with zero attached hydrogens (tertiary/aromatic N) is 7. The van der Waals surface area contributed by atoms with E-state index in [1.54, 1.807) is 8.61 Å². The van der Waals surface area contributed by atoms with Gasteiger partial charge in [0.05, 0.1) is 17.9 Å². The van der Waals surface area contributed by atoms with E-state index in [-0.39, 0.29) is 5.78 Å². The number of ketones is 1. The highest BCUT2D eigenvalue weighted by Crippen LogP contribution is 2.46. The lowest BCUT2D eigenvalue weighted by Crippen LogP contribution is -2.54. The van der Waals surface area contributed by atoms with E-state index in [9.17, 15) is 13.2 Å². The van der Waals surface area contributed by atoms with E-state index in [2.05, 4.69) is 0 Å². The quantitative estimate of drug-likeness (QED) is 0.209. The Morgan fingerprint density at radius 1 is 1.00 bits per heavy atom. The maximum absolute atomic E-state index is 15.9. The van der Waals surface area contributed by atoms with E-state index in [0.29, 0.717) is 97.0 Å². The van der Waals surface area contributed by atoms with Gasteiger partial charge in [-0.1, -0.05) is 6.42 Å². The molecule has 0 bridgehead atoms. The third kappa shape index (κ3) is 6.74. The summed E-state index contributed by atoms with van der Waals surface area (Å²) in [5.41, 5.74) is 5.11. The zero-order valence-corrected chi connectivity index (χ0v) is 32.7. The van der Waals surface area contributed by atoms with Crippen molar-refractivity contribution in [2.75, 3.05) is 50.8 Å². The number of ether oxygens (including phenoxy) is 2. The Morgan fingerprint density at radius 3 is 2.37 bits per heavy atom. The van der Waals surface area contributed by atoms with Gasteiger partial charge in [0.25, 0.3) is 10.2 Å². The first-order chi connectivity index (χ1) is 24.7. The van der Waals surface area contributed by atoms with Crippen LogP contribution in [-0.2, 0) is 33.2 Å². The van der Waals surface area contributed by atoms with Crippen molar-refractivity contribution in [3.63, 3.8) is 0 Å². The van der Waals surface area contributed by atoms with Gasteiger partial charge in [0.15, 0.2) is 22.4 Å². The van der Waals surface area contributed by atoms with Gasteiger partial charge in [-0.05, 0) is 102 Å². The Bertz CT molecular complexity index is 2130. The Hall–Kier alpha value is -3.50. The number of Topliss-reactive ketones (excluding diaryl/α,β-unsaturated/α-hetero) is 1. The molecule has 0 saturated carbocycles. The number of rotatable bonds is 8. The normalized spacial score (nSPS) is 18.4. The molecule has 3 aromatic heterocycles. The first-order valence-corrected chi connectivity index (χ1v) is 20.3. The fourth-order valence-electron chi connectivity index (χ4n) is 7.72. The van der Waals surface area contributed by atoms with Crippen LogP contribution in [0.3, 0.4) is 0 Å². The van der Waals surface area contributed by atoms with Crippen molar-refractivity contribution in [2.45, 2.75) is 85.4 Å². The van der Waals surface area contributed by atoms with Gasteiger partial charge < -0.3 is 18.9 Å². The average molecular weight is 754 g/mol. The lowest BCUT2D eigenvalue weighted by Gasteiger charge is -2.37. The summed E-state index contributed by atoms with van der Waals surface area (Å²) in [6.45, 7) is 14.4. The Balaban J connectivity index is 1.29. The van der Waals surface area contributed by atoms with E-state index in [1.165, 1.54) is 24.5 Å². The molecule has 7 rings (SSSR count). The van der Waals surface area contributed by atoms with Crippen LogP contribution in [0.2, 0.25) is 0 Å². The van der Waals surface area contributed by atoms with E-state index in [4.69, 9.17) is 23.8 Å². The number of pyridine rings is 1. The third-order valence-corrected chi connectivity index (χ3v) is 13.1. The molecule has 3 aliphatic heterocycles. The number of hydrogen-bond acceptors (Lipinski definition) is 10. The fraction of sp³-hybridized carbons (Fsp3) is 0.568. The topological polar surface area (TPSA) is 123 Å². The molecule has 0 unspecified atom stereocenters. The zero-order chi connectivity index (χ0) is 37.1. The highest BCUT2D eigenvalue weighted by Gasteiger charge is 2.35. The summed E-state index contributed by atoms with van der Waals surface area (Å²) in [7, 11) is -1.57. The summed E-state index contributed by atoms with van der Waals surface area (Å²) < 4.78 is 64.5. The van der Waals surface area contributed by atoms with Crippen LogP contribution in [0.1, 0.15) is 81.9 Å². The first kappa shape index (κ1) is 36.8. The van der Waals surface area contributed by atoms with Crippen LogP contribution in [-0.4, -0.2) is 93.2 Å². The third-order valence-electron chi connectivity index (χ3n) is 10.3. The lowest BCUT2D eigenvalue weighted by molar-refractivity contribution is -0.138. The molecule has 52 heavy (non-hydrogen) atoms. The van der Waals surface area contributed by atoms with Crippen LogP contribution < -0.4 is 9.64 Å². The second kappa shape index (κ2) is 14.0. The SMILES string of the molecule is CC(=O)[C@@H](OC(C)(C)C)c1c(C)nc2c(cc(-c3nc(N4CCN(S(=O)(=O)N5CCCCC5)CC4)ns3)n2C)c1-c1cc(F)c2c(c1C)CCCO2. The minimum Gasteiger partial charge on any atom is -0.490 e. The number of aromatic nitrogens is 4. The number of aryl methyl sites for hydroxylation is 2. The predicted molar refractivity (Wildman–Crippen MR) is 201 cm³/mol. The van der Waals surface area contributed by atoms with Gasteiger partial charge in [0, 0.05) is 74.1 Å². The van der Waals surface area contributed by atoms with Gasteiger partial charge in [-0.3, -0.25) is 4.79 Å². The van der Waals surface area contributed by atoms with Crippen molar-refractivity contribution in [1.82, 2.24) is 27.5 Å². The second-order valence-electron chi connectivity index (χ2n) is 15.1. The average Bonchev–Trinajstić information content (AvgIpc) is 3.73. The van der Waals surface area contributed by atoms with E-state index < -0.39 is 27.7 Å². The molecule has 0 spiro atoms. The number of fused-ring (bicyclic) bond motifs is 2. The van der Waals surface area contributed by atoms with E-state index in [1.807, 2.05) is 57.2 Å². The van der Waals surface area contributed by atoms with E-state index in [0.717, 1.165) is 47.9 Å². The standard InChI is InChI=1S/C37H48FN7O5S2/c1-22-25-12-11-19-49-33(25)28(38)20-26(22)31-27-21-29(42(7)34(27)39-23(2)30(31)32(24(3)46)50-37(4,5)6)35-40-36(41-51-35)43-15-17-45(18-16-43)52(47,48)44-13-9-8-10-14-44/h20-21,32H,8-19H2,1-7H3/t32-/m1/s1. The Labute approximate surface area is 309 Å². The smallest absolute Gasteiger partial charge is 0.282 e. The monoisotopic (exact) mass is 753 g/mol. The highest BCUT2D eigenvalue weighted by molar-refractivity contribution is 7.86. The minimum atomic E-state index is -3.49. The van der Waals surface area contributed by atoms with Crippen molar-refractivity contribution in [1.29, 1.82) is 0 Å². The molecule has 0 amide bonds. The van der Waals surface area contributed by atoms with Gasteiger partial charge in [0.1, 0.15) is 11.8 Å². The second-order valence-corrected chi connectivity index (χ2v) is 17.8. The Kier molecular flexibility index (Phi) is 9.95. The van der Waals surface area contributed by atoms with Crippen LogP contribution in [0.4, 0.5) is 10.3 Å². The van der Waals surface area contributed by atoms with Crippen molar-refractivity contribution < 1.29 is 27.1 Å². The molecule has 2 saturated heterocycles. The lowest BCUT2D eigenvalue weighted by atomic mass is 9.86. The van der Waals surface area contributed by atoms with Crippen LogP contribution in [0.25, 0.3) is 32.9 Å². The molecule has 6 heterocycles. The van der Waals surface area contributed by atoms with Crippen LogP contribution in [0, 0.1) is 19.7 Å². The summed E-state index contributed by atoms with van der Waals surface area (Å²) in [5, 5.41) is 1.41. The first-order valence-electron chi connectivity index (χ1n) is 18.1. The maximum Gasteiger partial charge on any atom is 0.282 e. The predicted octanol–water partition coefficient (Wildman–Crippen LogP) is 6.14. The van der Waals surface area contributed by atoms with Crippen LogP contribution in [0.5, 0.6) is 5.75 Å². The van der Waals surface area contributed by atoms with Crippen LogP contribution in [0.15, 0.2) is 12.1 Å². The summed E-state index contributed by atoms with van der Waals surface area (Å²) in [6, 6.07) is 3.52. The summed E-state index contributed by atoms with van der Waals surface area (Å²) in [6.07, 6.45) is 3.41. The van der Waals surface area contributed by atoms with Crippen molar-refractivity contribution in [3.8, 4) is 27.6 Å². The zero-order valence-electron chi connectivity index (χ0n) is 31.1. The van der Waals surface area contributed by atoms with Gasteiger partial charge in [0.2, 0.25) is 5.95 Å². The van der Waals surface area contributed by atoms with Crippen LogP contribution >= 0.6 is 11.5 Å². The summed E-state index contributed by atoms with van der Waals surface area (Å²) in [5.74, 6) is 0.237. The Morgan fingerprint density at radius 2 is 1.69 bits per heavy atom. The molecule has 1 atom stereocenters. The number of benzene rings is 1. The van der Waals surface area contributed by atoms with Gasteiger partial charge in [-0.15, -0.1) is 0 Å². The number of carbonyl (C=O) groups is 1. The molecule has 0 aliphatic carbocycles. The number of piperazine rings is 1. The van der Waals surface area contributed by atoms with Crippen molar-refractivity contribution in [3.05, 3.63) is 40.3 Å². The number of piperidine rings is 1. The molecule has 15 heteroatoms. The molecule has 1 aromatic carbocycles. The molecule has 0 N–H and O–H groups in total. The van der Waals surface area contributed by atoms with E-state index >= 15 is 4.39 Å². The van der Waals surface area contributed by atoms with Gasteiger partial charge in [-0.2, -0.15) is 26.4 Å². The highest BCUT2D eigenvalue weighted by atomic mass is 32.2. The summed E-state index contributed by atoms with van der Waals surface area (Å²) >= 11 is 1.26. The maximum atomic E-state index is 15.9. The molecule has 0 radical (unpaired) electrons. The molecule has 3 aliphatic rings. The molecular weight excluding hydrogens is 706 g/mol. The van der Waals surface area contributed by atoms with Crippen molar-refractivity contribution >= 4 is 44.5 Å². The molecule has 280 valence electrons. The fourth-order valence-corrected chi connectivity index (χ4v) is 10.1. The molecule has 4 aromatic rings. The molecule has 12 nitrogen and oxygen atoms in total. The van der Waals surface area contributed by atoms with Gasteiger partial charge in [-0.25, -0.2) is 9.37 Å². The number of halogens is 1.